The second kappa shape index (κ2) is 4.97. The van der Waals surface area contributed by atoms with Gasteiger partial charge in [0.15, 0.2) is 0 Å². The van der Waals surface area contributed by atoms with E-state index in [1.165, 1.54) is 4.90 Å². The van der Waals surface area contributed by atoms with Gasteiger partial charge in [-0.2, -0.15) is 0 Å². The topological polar surface area (TPSA) is 86.9 Å². The average molecular weight is 215 g/mol. The summed E-state index contributed by atoms with van der Waals surface area (Å²) in [4.78, 5) is 25.2. The molecular formula is C9H17N3O3. The van der Waals surface area contributed by atoms with Gasteiger partial charge < -0.3 is 20.6 Å². The molecule has 1 heterocycles. The Kier molecular flexibility index (Phi) is 3.90. The van der Waals surface area contributed by atoms with Crippen molar-refractivity contribution in [3.05, 3.63) is 0 Å². The van der Waals surface area contributed by atoms with Crippen LogP contribution >= 0.6 is 0 Å². The van der Waals surface area contributed by atoms with Crippen LogP contribution in [0, 0.1) is 0 Å². The lowest BCUT2D eigenvalue weighted by atomic mass is 10.3. The lowest BCUT2D eigenvalue weighted by Crippen LogP contribution is -2.45. The molecule has 1 fully saturated rings. The molecule has 0 aromatic heterocycles. The molecular weight excluding hydrogens is 198 g/mol. The number of hydrogen-bond donors (Lipinski definition) is 2. The minimum atomic E-state index is -0.992. The van der Waals surface area contributed by atoms with Gasteiger partial charge in [0, 0.05) is 25.7 Å². The van der Waals surface area contributed by atoms with E-state index < -0.39 is 5.97 Å². The number of amides is 2. The zero-order valence-electron chi connectivity index (χ0n) is 8.85. The minimum absolute atomic E-state index is 0.0254. The Morgan fingerprint density at radius 3 is 2.67 bits per heavy atom. The van der Waals surface area contributed by atoms with Crippen LogP contribution in [0.5, 0.6) is 0 Å². The van der Waals surface area contributed by atoms with E-state index in [2.05, 4.69) is 0 Å². The highest BCUT2D eigenvalue weighted by Gasteiger charge is 2.27. The first-order chi connectivity index (χ1) is 7.04. The maximum absolute atomic E-state index is 11.8. The molecule has 6 nitrogen and oxygen atoms in total. The summed E-state index contributed by atoms with van der Waals surface area (Å²) in [6.07, 6.45) is 0.788. The fourth-order valence-electron chi connectivity index (χ4n) is 1.64. The maximum atomic E-state index is 11.8. The van der Waals surface area contributed by atoms with Crippen LogP contribution in [0.1, 0.15) is 13.3 Å². The molecule has 0 saturated carbocycles. The van der Waals surface area contributed by atoms with Gasteiger partial charge in [0.1, 0.15) is 6.54 Å². The summed E-state index contributed by atoms with van der Waals surface area (Å²) in [7, 11) is 0. The van der Waals surface area contributed by atoms with Gasteiger partial charge in [0.05, 0.1) is 0 Å². The van der Waals surface area contributed by atoms with Crippen molar-refractivity contribution >= 4 is 12.0 Å². The van der Waals surface area contributed by atoms with E-state index in [1.54, 1.807) is 11.8 Å². The Morgan fingerprint density at radius 1 is 1.60 bits per heavy atom. The highest BCUT2D eigenvalue weighted by Crippen LogP contribution is 2.09. The summed E-state index contributed by atoms with van der Waals surface area (Å²) in [5.41, 5.74) is 5.68. The predicted octanol–water partition coefficient (Wildman–Crippen LogP) is -0.454. The Balaban J connectivity index is 2.53. The van der Waals surface area contributed by atoms with Crippen LogP contribution in [0.2, 0.25) is 0 Å². The van der Waals surface area contributed by atoms with Crippen molar-refractivity contribution in [1.29, 1.82) is 0 Å². The number of likely N-dealkylation sites (N-methyl/N-ethyl adjacent to an activating group) is 1. The first kappa shape index (κ1) is 11.8. The molecule has 0 aromatic carbocycles. The monoisotopic (exact) mass is 215 g/mol. The highest BCUT2D eigenvalue weighted by molar-refractivity contribution is 5.80. The number of aliphatic carboxylic acids is 1. The number of carboxylic acids is 1. The molecule has 2 amide bonds. The predicted molar refractivity (Wildman–Crippen MR) is 54.4 cm³/mol. The molecule has 86 valence electrons. The molecule has 1 unspecified atom stereocenters. The molecule has 0 bridgehead atoms. The zero-order chi connectivity index (χ0) is 11.4. The number of nitrogens with zero attached hydrogens (tertiary/aromatic N) is 2. The Morgan fingerprint density at radius 2 is 2.27 bits per heavy atom. The molecule has 0 radical (unpaired) electrons. The molecule has 0 spiro atoms. The maximum Gasteiger partial charge on any atom is 0.323 e. The Hall–Kier alpha value is -1.30. The molecule has 0 aliphatic carbocycles. The Bertz CT molecular complexity index is 257. The van der Waals surface area contributed by atoms with Gasteiger partial charge in [-0.05, 0) is 13.3 Å². The van der Waals surface area contributed by atoms with Gasteiger partial charge in [-0.15, -0.1) is 0 Å². The molecule has 1 aliphatic rings. The third-order valence-electron chi connectivity index (χ3n) is 2.47. The van der Waals surface area contributed by atoms with Gasteiger partial charge in [-0.3, -0.25) is 4.79 Å². The summed E-state index contributed by atoms with van der Waals surface area (Å²) >= 11 is 0. The third kappa shape index (κ3) is 3.09. The van der Waals surface area contributed by atoms with Crippen molar-refractivity contribution in [3.8, 4) is 0 Å². The van der Waals surface area contributed by atoms with Gasteiger partial charge in [0.25, 0.3) is 0 Å². The molecule has 1 saturated heterocycles. The largest absolute Gasteiger partial charge is 0.480 e. The van der Waals surface area contributed by atoms with Crippen LogP contribution in [0.3, 0.4) is 0 Å². The molecule has 15 heavy (non-hydrogen) atoms. The van der Waals surface area contributed by atoms with Crippen molar-refractivity contribution in [1.82, 2.24) is 9.80 Å². The molecule has 0 aromatic rings. The number of urea groups is 1. The summed E-state index contributed by atoms with van der Waals surface area (Å²) in [5.74, 6) is -0.992. The fourth-order valence-corrected chi connectivity index (χ4v) is 1.64. The molecule has 6 heteroatoms. The first-order valence-electron chi connectivity index (χ1n) is 5.05. The third-order valence-corrected chi connectivity index (χ3v) is 2.47. The molecule has 1 aliphatic heterocycles. The summed E-state index contributed by atoms with van der Waals surface area (Å²) in [6.45, 7) is 3.06. The fraction of sp³-hybridized carbons (Fsp3) is 0.778. The quantitative estimate of drug-likeness (QED) is 0.667. The molecule has 3 N–H and O–H groups in total. The normalized spacial score (nSPS) is 20.4. The van der Waals surface area contributed by atoms with Crippen molar-refractivity contribution in [3.63, 3.8) is 0 Å². The van der Waals surface area contributed by atoms with E-state index in [9.17, 15) is 9.59 Å². The van der Waals surface area contributed by atoms with Crippen LogP contribution < -0.4 is 5.73 Å². The average Bonchev–Trinajstić information content (AvgIpc) is 2.60. The zero-order valence-corrected chi connectivity index (χ0v) is 8.85. The van der Waals surface area contributed by atoms with E-state index in [0.717, 1.165) is 6.42 Å². The number of nitrogens with two attached hydrogens (primary N) is 1. The molecule has 1 rings (SSSR count). The van der Waals surface area contributed by atoms with Gasteiger partial charge in [-0.1, -0.05) is 0 Å². The van der Waals surface area contributed by atoms with Crippen LogP contribution in [0.25, 0.3) is 0 Å². The van der Waals surface area contributed by atoms with Crippen molar-refractivity contribution in [2.24, 2.45) is 5.73 Å². The van der Waals surface area contributed by atoms with Crippen LogP contribution in [0.4, 0.5) is 4.79 Å². The smallest absolute Gasteiger partial charge is 0.323 e. The van der Waals surface area contributed by atoms with E-state index in [0.29, 0.717) is 19.6 Å². The van der Waals surface area contributed by atoms with Gasteiger partial charge >= 0.3 is 12.0 Å². The number of carbonyl (C=O) groups is 2. The van der Waals surface area contributed by atoms with Gasteiger partial charge in [-0.25, -0.2) is 4.79 Å². The SMILES string of the molecule is CCN(CC(=O)O)C(=O)N1CCC(N)C1. The van der Waals surface area contributed by atoms with E-state index in [4.69, 9.17) is 10.8 Å². The minimum Gasteiger partial charge on any atom is -0.480 e. The number of likely N-dealkylation sites (tertiary alicyclic amines) is 1. The number of hydrogen-bond acceptors (Lipinski definition) is 3. The van der Waals surface area contributed by atoms with Gasteiger partial charge in [0.2, 0.25) is 0 Å². The Labute approximate surface area is 88.6 Å². The van der Waals surface area contributed by atoms with Crippen molar-refractivity contribution in [2.75, 3.05) is 26.2 Å². The van der Waals surface area contributed by atoms with Crippen LogP contribution in [-0.4, -0.2) is 59.1 Å². The number of rotatable bonds is 3. The van der Waals surface area contributed by atoms with E-state index in [-0.39, 0.29) is 18.6 Å². The number of carboxylic acid groups (broad SMARTS) is 1. The van der Waals surface area contributed by atoms with Crippen LogP contribution in [-0.2, 0) is 4.79 Å². The van der Waals surface area contributed by atoms with Crippen molar-refractivity contribution < 1.29 is 14.7 Å². The lowest BCUT2D eigenvalue weighted by molar-refractivity contribution is -0.137. The first-order valence-corrected chi connectivity index (χ1v) is 5.05. The lowest BCUT2D eigenvalue weighted by Gasteiger charge is -2.25. The second-order valence-corrected chi connectivity index (χ2v) is 3.69. The van der Waals surface area contributed by atoms with E-state index >= 15 is 0 Å². The summed E-state index contributed by atoms with van der Waals surface area (Å²) < 4.78 is 0. The highest BCUT2D eigenvalue weighted by atomic mass is 16.4. The summed E-state index contributed by atoms with van der Waals surface area (Å²) in [6, 6.07) is -0.203. The standard InChI is InChI=1S/C9H17N3O3/c1-2-11(6-8(13)14)9(15)12-4-3-7(10)5-12/h7H,2-6,10H2,1H3,(H,13,14). The molecule has 1 atom stereocenters. The van der Waals surface area contributed by atoms with Crippen LogP contribution in [0.15, 0.2) is 0 Å². The number of carbonyl (C=O) groups excluding carboxylic acids is 1. The van der Waals surface area contributed by atoms with Crippen molar-refractivity contribution in [2.45, 2.75) is 19.4 Å². The van der Waals surface area contributed by atoms with E-state index in [1.807, 2.05) is 0 Å². The summed E-state index contributed by atoms with van der Waals surface area (Å²) in [5, 5.41) is 8.62. The second-order valence-electron chi connectivity index (χ2n) is 3.69.